The van der Waals surface area contributed by atoms with Gasteiger partial charge in [-0.25, -0.2) is 0 Å². The van der Waals surface area contributed by atoms with Gasteiger partial charge in [0, 0.05) is 6.04 Å². The Morgan fingerprint density at radius 1 is 1.27 bits per heavy atom. The zero-order chi connectivity index (χ0) is 11.1. The van der Waals surface area contributed by atoms with Crippen LogP contribution in [0.15, 0.2) is 0 Å². The molecule has 0 aliphatic carbocycles. The summed E-state index contributed by atoms with van der Waals surface area (Å²) in [6, 6.07) is 0.706. The van der Waals surface area contributed by atoms with E-state index in [2.05, 4.69) is 31.0 Å². The van der Waals surface area contributed by atoms with Gasteiger partial charge >= 0.3 is 0 Å². The van der Waals surface area contributed by atoms with Crippen LogP contribution >= 0.6 is 0 Å². The second-order valence-electron chi connectivity index (χ2n) is 4.98. The first-order valence-corrected chi connectivity index (χ1v) is 6.72. The Labute approximate surface area is 95.4 Å². The highest BCUT2D eigenvalue weighted by Gasteiger charge is 2.19. The fourth-order valence-corrected chi connectivity index (χ4v) is 2.69. The van der Waals surface area contributed by atoms with Crippen LogP contribution in [0.1, 0.15) is 46.5 Å². The molecule has 15 heavy (non-hydrogen) atoms. The van der Waals surface area contributed by atoms with Crippen molar-refractivity contribution in [2.45, 2.75) is 52.5 Å². The van der Waals surface area contributed by atoms with Gasteiger partial charge in [-0.15, -0.1) is 0 Å². The quantitative estimate of drug-likeness (QED) is 0.728. The average Bonchev–Trinajstić information content (AvgIpc) is 2.22. The Kier molecular flexibility index (Phi) is 6.26. The normalized spacial score (nSPS) is 21.8. The van der Waals surface area contributed by atoms with Gasteiger partial charge < -0.3 is 10.2 Å². The molecule has 0 bridgehead atoms. The van der Waals surface area contributed by atoms with Crippen LogP contribution in [0, 0.1) is 5.92 Å². The minimum absolute atomic E-state index is 0.706. The molecule has 0 saturated carbocycles. The van der Waals surface area contributed by atoms with E-state index in [1.54, 1.807) is 0 Å². The summed E-state index contributed by atoms with van der Waals surface area (Å²) in [5.74, 6) is 0.965. The predicted octanol–water partition coefficient (Wildman–Crippen LogP) is 2.50. The second-order valence-corrected chi connectivity index (χ2v) is 4.98. The molecule has 1 N–H and O–H groups in total. The maximum absolute atomic E-state index is 3.52. The molecule has 1 heterocycles. The fourth-order valence-electron chi connectivity index (χ4n) is 2.69. The highest BCUT2D eigenvalue weighted by Crippen LogP contribution is 2.21. The smallest absolute Gasteiger partial charge is 0.00412 e. The number of nitrogens with zero attached hydrogens (tertiary/aromatic N) is 1. The summed E-state index contributed by atoms with van der Waals surface area (Å²) < 4.78 is 0. The summed E-state index contributed by atoms with van der Waals surface area (Å²) in [5.41, 5.74) is 0. The molecule has 2 heteroatoms. The first-order chi connectivity index (χ1) is 7.26. The Balaban J connectivity index is 2.14. The number of likely N-dealkylation sites (tertiary alicyclic amines) is 1. The molecule has 2 nitrogen and oxygen atoms in total. The molecule has 90 valence electrons. The van der Waals surface area contributed by atoms with E-state index in [-0.39, 0.29) is 0 Å². The third-order valence-electron chi connectivity index (χ3n) is 3.49. The van der Waals surface area contributed by atoms with Gasteiger partial charge in [-0.05, 0) is 64.7 Å². The van der Waals surface area contributed by atoms with E-state index < -0.39 is 0 Å². The molecule has 1 atom stereocenters. The van der Waals surface area contributed by atoms with Crippen LogP contribution in [0.2, 0.25) is 0 Å². The van der Waals surface area contributed by atoms with Gasteiger partial charge in [-0.1, -0.05) is 13.8 Å². The lowest BCUT2D eigenvalue weighted by molar-refractivity contribution is 0.173. The molecule has 0 aromatic heterocycles. The number of rotatable bonds is 6. The molecule has 1 aliphatic heterocycles. The van der Waals surface area contributed by atoms with Gasteiger partial charge in [0.05, 0.1) is 0 Å². The third-order valence-corrected chi connectivity index (χ3v) is 3.49. The van der Waals surface area contributed by atoms with Crippen molar-refractivity contribution in [3.63, 3.8) is 0 Å². The molecule has 0 spiro atoms. The van der Waals surface area contributed by atoms with Crippen LogP contribution in [-0.4, -0.2) is 37.1 Å². The van der Waals surface area contributed by atoms with Crippen LogP contribution < -0.4 is 5.32 Å². The Hall–Kier alpha value is -0.0800. The summed E-state index contributed by atoms with van der Waals surface area (Å²) in [6.45, 7) is 11.9. The lowest BCUT2D eigenvalue weighted by Gasteiger charge is -2.33. The lowest BCUT2D eigenvalue weighted by Crippen LogP contribution is -2.36. The monoisotopic (exact) mass is 212 g/mol. The van der Waals surface area contributed by atoms with Crippen molar-refractivity contribution >= 4 is 0 Å². The lowest BCUT2D eigenvalue weighted by atomic mass is 9.90. The highest BCUT2D eigenvalue weighted by molar-refractivity contribution is 4.75. The van der Waals surface area contributed by atoms with Crippen LogP contribution in [0.25, 0.3) is 0 Å². The van der Waals surface area contributed by atoms with E-state index >= 15 is 0 Å². The molecule has 1 saturated heterocycles. The van der Waals surface area contributed by atoms with Crippen LogP contribution in [-0.2, 0) is 0 Å². The Morgan fingerprint density at radius 3 is 2.47 bits per heavy atom. The SMILES string of the molecule is CCCN1CCC(CC(C)NCC)CC1. The van der Waals surface area contributed by atoms with Gasteiger partial charge in [0.15, 0.2) is 0 Å². The predicted molar refractivity (Wildman–Crippen MR) is 67.2 cm³/mol. The molecular weight excluding hydrogens is 184 g/mol. The van der Waals surface area contributed by atoms with Crippen LogP contribution in [0.5, 0.6) is 0 Å². The van der Waals surface area contributed by atoms with Crippen molar-refractivity contribution in [3.05, 3.63) is 0 Å². The molecule has 0 radical (unpaired) electrons. The number of nitrogens with one attached hydrogen (secondary N) is 1. The number of hydrogen-bond acceptors (Lipinski definition) is 2. The maximum atomic E-state index is 3.52. The Morgan fingerprint density at radius 2 is 1.93 bits per heavy atom. The standard InChI is InChI=1S/C13H28N2/c1-4-8-15-9-6-13(7-10-15)11-12(3)14-5-2/h12-14H,4-11H2,1-3H3. The van der Waals surface area contributed by atoms with E-state index in [0.29, 0.717) is 6.04 Å². The molecule has 0 aromatic rings. The van der Waals surface area contributed by atoms with E-state index in [0.717, 1.165) is 12.5 Å². The molecule has 0 amide bonds. The molecule has 0 aromatic carbocycles. The van der Waals surface area contributed by atoms with Crippen molar-refractivity contribution in [2.75, 3.05) is 26.2 Å². The fraction of sp³-hybridized carbons (Fsp3) is 1.00. The van der Waals surface area contributed by atoms with Crippen molar-refractivity contribution in [3.8, 4) is 0 Å². The molecule has 1 unspecified atom stereocenters. The van der Waals surface area contributed by atoms with E-state index in [4.69, 9.17) is 0 Å². The van der Waals surface area contributed by atoms with Gasteiger partial charge in [0.2, 0.25) is 0 Å². The largest absolute Gasteiger partial charge is 0.315 e. The third kappa shape index (κ3) is 4.98. The average molecular weight is 212 g/mol. The zero-order valence-corrected chi connectivity index (χ0v) is 10.8. The molecule has 1 fully saturated rings. The highest BCUT2D eigenvalue weighted by atomic mass is 15.1. The first kappa shape index (κ1) is 13.0. The van der Waals surface area contributed by atoms with Crippen molar-refractivity contribution in [1.29, 1.82) is 0 Å². The number of hydrogen-bond donors (Lipinski definition) is 1. The van der Waals surface area contributed by atoms with E-state index in [9.17, 15) is 0 Å². The Bertz CT molecular complexity index is 151. The van der Waals surface area contributed by atoms with Crippen LogP contribution in [0.3, 0.4) is 0 Å². The van der Waals surface area contributed by atoms with Crippen molar-refractivity contribution in [2.24, 2.45) is 5.92 Å². The van der Waals surface area contributed by atoms with Gasteiger partial charge in [0.25, 0.3) is 0 Å². The van der Waals surface area contributed by atoms with Crippen molar-refractivity contribution < 1.29 is 0 Å². The molecule has 1 aliphatic rings. The zero-order valence-electron chi connectivity index (χ0n) is 10.8. The minimum Gasteiger partial charge on any atom is -0.315 e. The molecular formula is C13H28N2. The first-order valence-electron chi connectivity index (χ1n) is 6.72. The minimum atomic E-state index is 0.706. The topological polar surface area (TPSA) is 15.3 Å². The summed E-state index contributed by atoms with van der Waals surface area (Å²) in [5, 5.41) is 3.52. The van der Waals surface area contributed by atoms with Gasteiger partial charge in [0.1, 0.15) is 0 Å². The summed E-state index contributed by atoms with van der Waals surface area (Å²) in [7, 11) is 0. The van der Waals surface area contributed by atoms with E-state index in [1.807, 2.05) is 0 Å². The summed E-state index contributed by atoms with van der Waals surface area (Å²) >= 11 is 0. The second kappa shape index (κ2) is 7.24. The summed E-state index contributed by atoms with van der Waals surface area (Å²) in [6.07, 6.45) is 5.50. The maximum Gasteiger partial charge on any atom is 0.00412 e. The summed E-state index contributed by atoms with van der Waals surface area (Å²) in [4.78, 5) is 2.62. The molecule has 1 rings (SSSR count). The van der Waals surface area contributed by atoms with Crippen LogP contribution in [0.4, 0.5) is 0 Å². The van der Waals surface area contributed by atoms with Crippen molar-refractivity contribution in [1.82, 2.24) is 10.2 Å². The number of piperidine rings is 1. The van der Waals surface area contributed by atoms with Gasteiger partial charge in [-0.2, -0.15) is 0 Å². The van der Waals surface area contributed by atoms with E-state index in [1.165, 1.54) is 45.3 Å². The van der Waals surface area contributed by atoms with Gasteiger partial charge in [-0.3, -0.25) is 0 Å².